The van der Waals surface area contributed by atoms with Crippen molar-refractivity contribution in [3.05, 3.63) is 29.3 Å². The normalized spacial score (nSPS) is 21.6. The molecular weight excluding hydrogens is 286 g/mol. The third-order valence-corrected chi connectivity index (χ3v) is 6.25. The van der Waals surface area contributed by atoms with Gasteiger partial charge in [0.05, 0.1) is 4.90 Å². The van der Waals surface area contributed by atoms with E-state index in [-0.39, 0.29) is 6.04 Å². The van der Waals surface area contributed by atoms with Gasteiger partial charge in [-0.3, -0.25) is 0 Å². The molecule has 2 rings (SSSR count). The first-order chi connectivity index (χ1) is 9.90. The highest BCUT2D eigenvalue weighted by Crippen LogP contribution is 2.22. The highest BCUT2D eigenvalue weighted by Gasteiger charge is 2.32. The Morgan fingerprint density at radius 2 is 2.05 bits per heavy atom. The predicted molar refractivity (Wildman–Crippen MR) is 84.5 cm³/mol. The van der Waals surface area contributed by atoms with Gasteiger partial charge in [-0.1, -0.05) is 13.0 Å². The first-order valence-electron chi connectivity index (χ1n) is 7.40. The molecular formula is C15H25N3O2S. The van der Waals surface area contributed by atoms with Crippen LogP contribution in [0.25, 0.3) is 0 Å². The van der Waals surface area contributed by atoms with Crippen LogP contribution in [0.4, 0.5) is 0 Å². The summed E-state index contributed by atoms with van der Waals surface area (Å²) in [5, 5.41) is 0. The van der Waals surface area contributed by atoms with E-state index >= 15 is 0 Å². The Hall–Kier alpha value is -0.950. The SMILES string of the molecule is CCC1CN(S(=O)(=O)c2ccc(C)c(CN)c2)CCN1C. The van der Waals surface area contributed by atoms with Crippen molar-refractivity contribution in [3.8, 4) is 0 Å². The molecule has 0 bridgehead atoms. The molecule has 0 aromatic heterocycles. The number of benzene rings is 1. The van der Waals surface area contributed by atoms with E-state index in [2.05, 4.69) is 18.9 Å². The van der Waals surface area contributed by atoms with Crippen LogP contribution in [-0.4, -0.2) is 50.3 Å². The first-order valence-corrected chi connectivity index (χ1v) is 8.84. The fraction of sp³-hybridized carbons (Fsp3) is 0.600. The van der Waals surface area contributed by atoms with E-state index in [1.165, 1.54) is 0 Å². The second-order valence-corrected chi connectivity index (χ2v) is 7.64. The van der Waals surface area contributed by atoms with Crippen molar-refractivity contribution in [2.24, 2.45) is 5.73 Å². The molecule has 0 radical (unpaired) electrons. The van der Waals surface area contributed by atoms with Crippen LogP contribution in [0.15, 0.2) is 23.1 Å². The molecule has 5 nitrogen and oxygen atoms in total. The number of nitrogens with two attached hydrogens (primary N) is 1. The molecule has 0 saturated carbocycles. The summed E-state index contributed by atoms with van der Waals surface area (Å²) in [5.41, 5.74) is 7.60. The van der Waals surface area contributed by atoms with Gasteiger partial charge in [-0.2, -0.15) is 4.31 Å². The van der Waals surface area contributed by atoms with Crippen LogP contribution >= 0.6 is 0 Å². The summed E-state index contributed by atoms with van der Waals surface area (Å²) in [6.07, 6.45) is 0.949. The van der Waals surface area contributed by atoms with Crippen molar-refractivity contribution < 1.29 is 8.42 Å². The summed E-state index contributed by atoms with van der Waals surface area (Å²) < 4.78 is 27.2. The van der Waals surface area contributed by atoms with Gasteiger partial charge in [-0.25, -0.2) is 8.42 Å². The Morgan fingerprint density at radius 1 is 1.33 bits per heavy atom. The molecule has 118 valence electrons. The maximum atomic E-state index is 12.8. The molecule has 1 aromatic carbocycles. The molecule has 1 fully saturated rings. The maximum absolute atomic E-state index is 12.8. The minimum Gasteiger partial charge on any atom is -0.326 e. The molecule has 6 heteroatoms. The molecule has 1 atom stereocenters. The van der Waals surface area contributed by atoms with Crippen molar-refractivity contribution in [1.82, 2.24) is 9.21 Å². The van der Waals surface area contributed by atoms with Crippen molar-refractivity contribution in [3.63, 3.8) is 0 Å². The summed E-state index contributed by atoms with van der Waals surface area (Å²) in [6.45, 7) is 6.27. The van der Waals surface area contributed by atoms with Gasteiger partial charge in [0.15, 0.2) is 0 Å². The van der Waals surface area contributed by atoms with Crippen molar-refractivity contribution in [2.45, 2.75) is 37.8 Å². The molecule has 1 aromatic rings. The van der Waals surface area contributed by atoms with Gasteiger partial charge in [0.1, 0.15) is 0 Å². The van der Waals surface area contributed by atoms with E-state index in [9.17, 15) is 8.42 Å². The summed E-state index contributed by atoms with van der Waals surface area (Å²) in [4.78, 5) is 2.58. The summed E-state index contributed by atoms with van der Waals surface area (Å²) in [7, 11) is -1.37. The molecule has 0 amide bonds. The molecule has 1 unspecified atom stereocenters. The van der Waals surface area contributed by atoms with Gasteiger partial charge >= 0.3 is 0 Å². The van der Waals surface area contributed by atoms with E-state index in [0.29, 0.717) is 24.5 Å². The molecule has 0 aliphatic carbocycles. The van der Waals surface area contributed by atoms with Crippen LogP contribution in [0.3, 0.4) is 0 Å². The second-order valence-electron chi connectivity index (χ2n) is 5.70. The topological polar surface area (TPSA) is 66.6 Å². The van der Waals surface area contributed by atoms with Crippen LogP contribution in [0.2, 0.25) is 0 Å². The Balaban J connectivity index is 2.30. The Morgan fingerprint density at radius 3 is 2.67 bits per heavy atom. The molecule has 1 aliphatic heterocycles. The van der Waals surface area contributed by atoms with E-state index in [0.717, 1.165) is 24.1 Å². The highest BCUT2D eigenvalue weighted by molar-refractivity contribution is 7.89. The largest absolute Gasteiger partial charge is 0.326 e. The minimum atomic E-state index is -3.43. The molecule has 1 aliphatic rings. The number of hydrogen-bond acceptors (Lipinski definition) is 4. The number of likely N-dealkylation sites (N-methyl/N-ethyl adjacent to an activating group) is 1. The fourth-order valence-electron chi connectivity index (χ4n) is 2.75. The van der Waals surface area contributed by atoms with Gasteiger partial charge in [-0.05, 0) is 43.7 Å². The minimum absolute atomic E-state index is 0.285. The van der Waals surface area contributed by atoms with Gasteiger partial charge in [0, 0.05) is 32.2 Å². The van der Waals surface area contributed by atoms with Crippen LogP contribution in [0.5, 0.6) is 0 Å². The summed E-state index contributed by atoms with van der Waals surface area (Å²) >= 11 is 0. The Bertz CT molecular complexity index is 601. The predicted octanol–water partition coefficient (Wildman–Crippen LogP) is 1.17. The Labute approximate surface area is 127 Å². The fourth-order valence-corrected chi connectivity index (χ4v) is 4.27. The lowest BCUT2D eigenvalue weighted by atomic mass is 10.1. The zero-order valence-electron chi connectivity index (χ0n) is 13.0. The zero-order chi connectivity index (χ0) is 15.6. The third kappa shape index (κ3) is 3.29. The summed E-state index contributed by atoms with van der Waals surface area (Å²) in [6, 6.07) is 5.52. The number of aryl methyl sites for hydroxylation is 1. The van der Waals surface area contributed by atoms with Crippen LogP contribution in [-0.2, 0) is 16.6 Å². The number of sulfonamides is 1. The average Bonchev–Trinajstić information content (AvgIpc) is 2.47. The number of nitrogens with zero attached hydrogens (tertiary/aromatic N) is 2. The smallest absolute Gasteiger partial charge is 0.243 e. The van der Waals surface area contributed by atoms with Crippen molar-refractivity contribution in [2.75, 3.05) is 26.7 Å². The summed E-state index contributed by atoms with van der Waals surface area (Å²) in [5.74, 6) is 0. The standard InChI is InChI=1S/C15H25N3O2S/c1-4-14-11-18(8-7-17(14)3)21(19,20)15-6-5-12(2)13(9-15)10-16/h5-6,9,14H,4,7-8,10-11,16H2,1-3H3. The third-order valence-electron chi connectivity index (χ3n) is 4.39. The van der Waals surface area contributed by atoms with Gasteiger partial charge in [0.25, 0.3) is 0 Å². The second kappa shape index (κ2) is 6.44. The number of rotatable bonds is 4. The number of hydrogen-bond donors (Lipinski definition) is 1. The molecule has 1 heterocycles. The lowest BCUT2D eigenvalue weighted by Gasteiger charge is -2.38. The number of piperazine rings is 1. The van der Waals surface area contributed by atoms with E-state index in [1.54, 1.807) is 16.4 Å². The first kappa shape index (κ1) is 16.4. The van der Waals surface area contributed by atoms with Crippen LogP contribution in [0.1, 0.15) is 24.5 Å². The molecule has 1 saturated heterocycles. The average molecular weight is 311 g/mol. The van der Waals surface area contributed by atoms with Crippen LogP contribution in [0, 0.1) is 6.92 Å². The van der Waals surface area contributed by atoms with E-state index in [4.69, 9.17) is 5.73 Å². The van der Waals surface area contributed by atoms with Crippen molar-refractivity contribution >= 4 is 10.0 Å². The van der Waals surface area contributed by atoms with Gasteiger partial charge in [0.2, 0.25) is 10.0 Å². The lowest BCUT2D eigenvalue weighted by Crippen LogP contribution is -2.52. The Kier molecular flexibility index (Phi) is 5.03. The zero-order valence-corrected chi connectivity index (χ0v) is 13.9. The lowest BCUT2D eigenvalue weighted by molar-refractivity contribution is 0.144. The van der Waals surface area contributed by atoms with Crippen LogP contribution < -0.4 is 5.73 Å². The van der Waals surface area contributed by atoms with E-state index < -0.39 is 10.0 Å². The molecule has 2 N–H and O–H groups in total. The van der Waals surface area contributed by atoms with Crippen molar-refractivity contribution in [1.29, 1.82) is 0 Å². The molecule has 0 spiro atoms. The van der Waals surface area contributed by atoms with Gasteiger partial charge < -0.3 is 10.6 Å². The van der Waals surface area contributed by atoms with Gasteiger partial charge in [-0.15, -0.1) is 0 Å². The maximum Gasteiger partial charge on any atom is 0.243 e. The molecule has 21 heavy (non-hydrogen) atoms. The monoisotopic (exact) mass is 311 g/mol. The quantitative estimate of drug-likeness (QED) is 0.906. The highest BCUT2D eigenvalue weighted by atomic mass is 32.2. The van der Waals surface area contributed by atoms with E-state index in [1.807, 2.05) is 13.0 Å².